The van der Waals surface area contributed by atoms with Crippen molar-refractivity contribution >= 4 is 33.3 Å². The van der Waals surface area contributed by atoms with E-state index < -0.39 is 0 Å². The first-order valence-corrected chi connectivity index (χ1v) is 6.86. The lowest BCUT2D eigenvalue weighted by Crippen LogP contribution is -2.15. The number of nitrogens with two attached hydrogens (primary N) is 1. The lowest BCUT2D eigenvalue weighted by Gasteiger charge is -2.11. The second-order valence-electron chi connectivity index (χ2n) is 4.38. The van der Waals surface area contributed by atoms with E-state index in [9.17, 15) is 0 Å². The minimum absolute atomic E-state index is 0.153. The molecule has 0 amide bonds. The number of hydrogen-bond donors (Lipinski definition) is 3. The number of fused-ring (bicyclic) bond motifs is 1. The van der Waals surface area contributed by atoms with Crippen LogP contribution in [0.4, 0.5) is 11.8 Å². The van der Waals surface area contributed by atoms with E-state index in [4.69, 9.17) is 10.8 Å². The number of hydrogen-bond acceptors (Lipinski definition) is 6. The van der Waals surface area contributed by atoms with Gasteiger partial charge in [0.05, 0.1) is 5.39 Å². The van der Waals surface area contributed by atoms with Crippen LogP contribution in [0.3, 0.4) is 0 Å². The third kappa shape index (κ3) is 2.70. The average Bonchev–Trinajstić information content (AvgIpc) is 2.78. The maximum Gasteiger partial charge on any atom is 0.223 e. The number of aliphatic hydroxyl groups excluding tert-OH is 1. The molecule has 0 aliphatic rings. The first-order valence-electron chi connectivity index (χ1n) is 6.04. The predicted molar refractivity (Wildman–Crippen MR) is 75.9 cm³/mol. The summed E-state index contributed by atoms with van der Waals surface area (Å²) in [4.78, 5) is 10.7. The Morgan fingerprint density at radius 1 is 1.50 bits per heavy atom. The Morgan fingerprint density at radius 2 is 2.28 bits per heavy atom. The zero-order valence-electron chi connectivity index (χ0n) is 10.6. The van der Waals surface area contributed by atoms with E-state index in [1.807, 2.05) is 6.92 Å². The number of aryl methyl sites for hydroxylation is 1. The van der Waals surface area contributed by atoms with Crippen LogP contribution in [0, 0.1) is 5.92 Å². The summed E-state index contributed by atoms with van der Waals surface area (Å²) in [6, 6.07) is 2.10. The number of anilines is 2. The monoisotopic (exact) mass is 266 g/mol. The fraction of sp³-hybridized carbons (Fsp3) is 0.500. The van der Waals surface area contributed by atoms with Crippen LogP contribution in [-0.4, -0.2) is 28.2 Å². The van der Waals surface area contributed by atoms with Crippen molar-refractivity contribution in [1.29, 1.82) is 0 Å². The zero-order chi connectivity index (χ0) is 13.1. The van der Waals surface area contributed by atoms with Gasteiger partial charge in [-0.15, -0.1) is 11.3 Å². The Kier molecular flexibility index (Phi) is 3.98. The highest BCUT2D eigenvalue weighted by Gasteiger charge is 2.10. The van der Waals surface area contributed by atoms with Crippen LogP contribution in [0.25, 0.3) is 10.2 Å². The molecule has 6 heteroatoms. The van der Waals surface area contributed by atoms with Gasteiger partial charge < -0.3 is 16.2 Å². The van der Waals surface area contributed by atoms with Crippen molar-refractivity contribution in [2.75, 3.05) is 24.2 Å². The van der Waals surface area contributed by atoms with Crippen molar-refractivity contribution in [3.8, 4) is 0 Å². The first kappa shape index (κ1) is 13.0. The number of nitrogens with zero attached hydrogens (tertiary/aromatic N) is 2. The summed E-state index contributed by atoms with van der Waals surface area (Å²) in [6.45, 7) is 4.90. The molecule has 0 saturated heterocycles. The Labute approximate surface area is 110 Å². The topological polar surface area (TPSA) is 84.1 Å². The largest absolute Gasteiger partial charge is 0.396 e. The van der Waals surface area contributed by atoms with Gasteiger partial charge in [-0.05, 0) is 18.4 Å². The van der Waals surface area contributed by atoms with Gasteiger partial charge in [0.1, 0.15) is 10.6 Å². The third-order valence-corrected chi connectivity index (χ3v) is 3.91. The molecule has 4 N–H and O–H groups in total. The van der Waals surface area contributed by atoms with Gasteiger partial charge >= 0.3 is 0 Å². The van der Waals surface area contributed by atoms with Gasteiger partial charge in [0.15, 0.2) is 0 Å². The van der Waals surface area contributed by atoms with Crippen molar-refractivity contribution in [3.05, 3.63) is 10.9 Å². The average molecular weight is 266 g/mol. The molecule has 1 unspecified atom stereocenters. The normalized spacial score (nSPS) is 12.8. The molecule has 2 aromatic rings. The lowest BCUT2D eigenvalue weighted by molar-refractivity contribution is 0.244. The molecule has 98 valence electrons. The summed E-state index contributed by atoms with van der Waals surface area (Å²) in [7, 11) is 0. The molecular formula is C12H18N4OS. The number of thiophene rings is 1. The minimum Gasteiger partial charge on any atom is -0.396 e. The maximum absolute atomic E-state index is 9.03. The van der Waals surface area contributed by atoms with E-state index in [1.54, 1.807) is 11.3 Å². The van der Waals surface area contributed by atoms with Gasteiger partial charge in [-0.2, -0.15) is 4.98 Å². The molecule has 1 atom stereocenters. The minimum atomic E-state index is 0.153. The highest BCUT2D eigenvalue weighted by atomic mass is 32.1. The fourth-order valence-corrected chi connectivity index (χ4v) is 2.61. The molecule has 0 aliphatic heterocycles. The summed E-state index contributed by atoms with van der Waals surface area (Å²) < 4.78 is 0. The molecule has 0 radical (unpaired) electrons. The number of nitrogen functional groups attached to an aromatic ring is 1. The summed E-state index contributed by atoms with van der Waals surface area (Å²) in [5.74, 6) is 1.22. The van der Waals surface area contributed by atoms with Crippen LogP contribution in [-0.2, 0) is 6.42 Å². The van der Waals surface area contributed by atoms with Gasteiger partial charge in [-0.25, -0.2) is 4.98 Å². The van der Waals surface area contributed by atoms with Crippen LogP contribution < -0.4 is 11.1 Å². The second-order valence-corrected chi connectivity index (χ2v) is 5.50. The summed E-state index contributed by atoms with van der Waals surface area (Å²) in [5, 5.41) is 13.3. The standard InChI is InChI=1S/C12H18N4OS/c1-3-8-4-9-10(14-5-7(2)6-17)15-12(13)16-11(9)18-8/h4,7,17H,3,5-6H2,1-2H3,(H3,13,14,15,16). The van der Waals surface area contributed by atoms with E-state index in [1.165, 1.54) is 4.88 Å². The van der Waals surface area contributed by atoms with Crippen molar-refractivity contribution in [1.82, 2.24) is 9.97 Å². The van der Waals surface area contributed by atoms with E-state index in [2.05, 4.69) is 28.3 Å². The van der Waals surface area contributed by atoms with Gasteiger partial charge in [-0.1, -0.05) is 13.8 Å². The molecule has 18 heavy (non-hydrogen) atoms. The number of rotatable bonds is 5. The molecular weight excluding hydrogens is 248 g/mol. The molecule has 2 aromatic heterocycles. The fourth-order valence-electron chi connectivity index (χ4n) is 1.63. The van der Waals surface area contributed by atoms with Crippen molar-refractivity contribution < 1.29 is 5.11 Å². The lowest BCUT2D eigenvalue weighted by atomic mass is 10.2. The molecule has 0 aromatic carbocycles. The zero-order valence-corrected chi connectivity index (χ0v) is 11.4. The van der Waals surface area contributed by atoms with E-state index >= 15 is 0 Å². The van der Waals surface area contributed by atoms with Gasteiger partial charge in [0, 0.05) is 18.0 Å². The second kappa shape index (κ2) is 5.49. The van der Waals surface area contributed by atoms with E-state index in [0.29, 0.717) is 6.54 Å². The third-order valence-electron chi connectivity index (χ3n) is 2.74. The van der Waals surface area contributed by atoms with Crippen LogP contribution in [0.1, 0.15) is 18.7 Å². The SMILES string of the molecule is CCc1cc2c(NCC(C)CO)nc(N)nc2s1. The quantitative estimate of drug-likeness (QED) is 0.769. The highest BCUT2D eigenvalue weighted by Crippen LogP contribution is 2.29. The molecule has 2 rings (SSSR count). The Hall–Kier alpha value is -1.40. The van der Waals surface area contributed by atoms with Crippen LogP contribution in [0.15, 0.2) is 6.07 Å². The van der Waals surface area contributed by atoms with Crippen molar-refractivity contribution in [2.45, 2.75) is 20.3 Å². The van der Waals surface area contributed by atoms with Gasteiger partial charge in [0.25, 0.3) is 0 Å². The number of nitrogens with one attached hydrogen (secondary N) is 1. The van der Waals surface area contributed by atoms with Gasteiger partial charge in [0.2, 0.25) is 5.95 Å². The van der Waals surface area contributed by atoms with Crippen LogP contribution >= 0.6 is 11.3 Å². The van der Waals surface area contributed by atoms with E-state index in [0.717, 1.165) is 22.5 Å². The van der Waals surface area contributed by atoms with Gasteiger partial charge in [-0.3, -0.25) is 0 Å². The molecule has 0 bridgehead atoms. The van der Waals surface area contributed by atoms with Crippen LogP contribution in [0.5, 0.6) is 0 Å². The highest BCUT2D eigenvalue weighted by molar-refractivity contribution is 7.18. The number of aromatic nitrogens is 2. The van der Waals surface area contributed by atoms with Crippen molar-refractivity contribution in [3.63, 3.8) is 0 Å². The Balaban J connectivity index is 2.32. The smallest absolute Gasteiger partial charge is 0.223 e. The van der Waals surface area contributed by atoms with Crippen LogP contribution in [0.2, 0.25) is 0 Å². The van der Waals surface area contributed by atoms with E-state index in [-0.39, 0.29) is 18.5 Å². The summed E-state index contributed by atoms with van der Waals surface area (Å²) in [6.07, 6.45) is 0.980. The molecule has 0 spiro atoms. The molecule has 2 heterocycles. The first-order chi connectivity index (χ1) is 8.63. The molecule has 5 nitrogen and oxygen atoms in total. The molecule has 0 fully saturated rings. The number of aliphatic hydroxyl groups is 1. The molecule has 0 aliphatic carbocycles. The Morgan fingerprint density at radius 3 is 2.94 bits per heavy atom. The predicted octanol–water partition coefficient (Wildman–Crippen LogP) is 1.88. The summed E-state index contributed by atoms with van der Waals surface area (Å²) in [5.41, 5.74) is 5.71. The maximum atomic E-state index is 9.03. The Bertz CT molecular complexity index is 540. The summed E-state index contributed by atoms with van der Waals surface area (Å²) >= 11 is 1.65. The molecule has 0 saturated carbocycles. The van der Waals surface area contributed by atoms with Crippen molar-refractivity contribution in [2.24, 2.45) is 5.92 Å².